The molecule has 1 aromatic heterocycles. The average molecular weight is 297 g/mol. The number of alkyl halides is 1. The number of carbonyl (C=O) groups is 2. The largest absolute Gasteiger partial charge is 0.478 e. The van der Waals surface area contributed by atoms with Crippen LogP contribution in [-0.4, -0.2) is 39.1 Å². The van der Waals surface area contributed by atoms with Crippen molar-refractivity contribution in [2.75, 3.05) is 17.7 Å². The number of carboxylic acids is 1. The molecule has 0 fully saturated rings. The van der Waals surface area contributed by atoms with Crippen LogP contribution in [0.1, 0.15) is 10.4 Å². The molecule has 2 aromatic rings. The maximum Gasteiger partial charge on any atom is 0.337 e. The monoisotopic (exact) mass is 296 g/mol. The Morgan fingerprint density at radius 2 is 2.20 bits per heavy atom. The normalized spacial score (nSPS) is 10.5. The van der Waals surface area contributed by atoms with E-state index in [9.17, 15) is 14.7 Å². The molecular formula is C12H13ClN4O3. The van der Waals surface area contributed by atoms with E-state index in [1.807, 2.05) is 0 Å². The highest BCUT2D eigenvalue weighted by molar-refractivity contribution is 6.18. The second-order valence-electron chi connectivity index (χ2n) is 4.12. The highest BCUT2D eigenvalue weighted by Gasteiger charge is 2.15. The third-order valence-corrected chi connectivity index (χ3v) is 2.87. The first kappa shape index (κ1) is 14.1. The number of halogens is 1. The fraction of sp³-hybridized carbons (Fsp3) is 0.250. The molecule has 2 amide bonds. The van der Waals surface area contributed by atoms with Gasteiger partial charge in [0.05, 0.1) is 22.9 Å². The molecule has 7 nitrogen and oxygen atoms in total. The lowest BCUT2D eigenvalue weighted by Crippen LogP contribution is -2.30. The molecule has 0 radical (unpaired) electrons. The molecule has 1 aromatic carbocycles. The van der Waals surface area contributed by atoms with Gasteiger partial charge in [-0.25, -0.2) is 14.6 Å². The van der Waals surface area contributed by atoms with E-state index in [2.05, 4.69) is 15.6 Å². The predicted molar refractivity (Wildman–Crippen MR) is 75.4 cm³/mol. The molecular weight excluding hydrogens is 284 g/mol. The molecule has 1 heterocycles. The van der Waals surface area contributed by atoms with Crippen molar-refractivity contribution in [3.8, 4) is 0 Å². The molecule has 0 spiro atoms. The topological polar surface area (TPSA) is 96.3 Å². The number of hydrogen-bond acceptors (Lipinski definition) is 3. The van der Waals surface area contributed by atoms with Crippen molar-refractivity contribution in [1.29, 1.82) is 0 Å². The molecule has 0 aliphatic rings. The molecule has 0 bridgehead atoms. The fourth-order valence-electron chi connectivity index (χ4n) is 1.87. The van der Waals surface area contributed by atoms with E-state index in [1.165, 1.54) is 12.4 Å². The predicted octanol–water partition coefficient (Wildman–Crippen LogP) is 1.63. The summed E-state index contributed by atoms with van der Waals surface area (Å²) in [6.07, 6.45) is 1.52. The number of anilines is 1. The van der Waals surface area contributed by atoms with Gasteiger partial charge in [-0.1, -0.05) is 0 Å². The summed E-state index contributed by atoms with van der Waals surface area (Å²) in [4.78, 5) is 26.9. The van der Waals surface area contributed by atoms with Gasteiger partial charge in [-0.05, 0) is 12.1 Å². The minimum absolute atomic E-state index is 0.0788. The van der Waals surface area contributed by atoms with Gasteiger partial charge in [-0.15, -0.1) is 11.6 Å². The summed E-state index contributed by atoms with van der Waals surface area (Å²) in [7, 11) is 1.71. The highest BCUT2D eigenvalue weighted by Crippen LogP contribution is 2.23. The van der Waals surface area contributed by atoms with Gasteiger partial charge in [0.2, 0.25) is 0 Å². The second kappa shape index (κ2) is 5.79. The number of aromatic carboxylic acids is 1. The van der Waals surface area contributed by atoms with Crippen LogP contribution in [-0.2, 0) is 7.05 Å². The number of imidazole rings is 1. The lowest BCUT2D eigenvalue weighted by Gasteiger charge is -2.08. The van der Waals surface area contributed by atoms with Crippen molar-refractivity contribution in [3.05, 3.63) is 24.0 Å². The summed E-state index contributed by atoms with van der Waals surface area (Å²) in [5.74, 6) is -0.781. The van der Waals surface area contributed by atoms with Crippen molar-refractivity contribution in [2.45, 2.75) is 0 Å². The van der Waals surface area contributed by atoms with Gasteiger partial charge >= 0.3 is 12.0 Å². The molecule has 0 saturated heterocycles. The SMILES string of the molecule is Cn1cnc2cc(NC(=O)NCCCl)cc(C(=O)O)c21. The molecule has 0 aliphatic carbocycles. The van der Waals surface area contributed by atoms with Gasteiger partial charge in [0.25, 0.3) is 0 Å². The van der Waals surface area contributed by atoms with E-state index in [1.54, 1.807) is 17.7 Å². The van der Waals surface area contributed by atoms with Crippen molar-refractivity contribution < 1.29 is 14.7 Å². The zero-order chi connectivity index (χ0) is 14.7. The molecule has 0 atom stereocenters. The molecule has 0 unspecified atom stereocenters. The Morgan fingerprint density at radius 1 is 1.45 bits per heavy atom. The molecule has 8 heteroatoms. The van der Waals surface area contributed by atoms with E-state index in [-0.39, 0.29) is 5.56 Å². The van der Waals surface area contributed by atoms with Gasteiger partial charge in [0, 0.05) is 25.2 Å². The molecule has 2 rings (SSSR count). The molecule has 3 N–H and O–H groups in total. The van der Waals surface area contributed by atoms with Crippen LogP contribution in [0, 0.1) is 0 Å². The Morgan fingerprint density at radius 3 is 2.85 bits per heavy atom. The zero-order valence-corrected chi connectivity index (χ0v) is 11.4. The van der Waals surface area contributed by atoms with E-state index in [0.717, 1.165) is 0 Å². The number of fused-ring (bicyclic) bond motifs is 1. The number of nitrogens with one attached hydrogen (secondary N) is 2. The first-order valence-corrected chi connectivity index (χ1v) is 6.35. The lowest BCUT2D eigenvalue weighted by atomic mass is 10.1. The Kier molecular flexibility index (Phi) is 4.09. The van der Waals surface area contributed by atoms with E-state index >= 15 is 0 Å². The van der Waals surface area contributed by atoms with Crippen LogP contribution in [0.2, 0.25) is 0 Å². The number of aryl methyl sites for hydroxylation is 1. The van der Waals surface area contributed by atoms with E-state index in [4.69, 9.17) is 11.6 Å². The van der Waals surface area contributed by atoms with Gasteiger partial charge in [-0.2, -0.15) is 0 Å². The molecule has 0 saturated carbocycles. The molecule has 106 valence electrons. The van der Waals surface area contributed by atoms with Crippen molar-refractivity contribution in [3.63, 3.8) is 0 Å². The lowest BCUT2D eigenvalue weighted by molar-refractivity contribution is 0.0698. The third kappa shape index (κ3) is 2.83. The summed E-state index contributed by atoms with van der Waals surface area (Å²) < 4.78 is 1.62. The van der Waals surface area contributed by atoms with E-state index < -0.39 is 12.0 Å². The number of benzene rings is 1. The van der Waals surface area contributed by atoms with Gasteiger partial charge in [0.15, 0.2) is 0 Å². The summed E-state index contributed by atoms with van der Waals surface area (Å²) >= 11 is 5.46. The summed E-state index contributed by atoms with van der Waals surface area (Å²) in [6, 6.07) is 2.56. The van der Waals surface area contributed by atoms with Crippen LogP contribution in [0.3, 0.4) is 0 Å². The number of carbonyl (C=O) groups excluding carboxylic acids is 1. The molecule has 20 heavy (non-hydrogen) atoms. The fourth-order valence-corrected chi connectivity index (χ4v) is 1.96. The first-order chi connectivity index (χ1) is 9.52. The summed E-state index contributed by atoms with van der Waals surface area (Å²) in [5, 5.41) is 14.3. The third-order valence-electron chi connectivity index (χ3n) is 2.68. The zero-order valence-electron chi connectivity index (χ0n) is 10.7. The summed E-state index contributed by atoms with van der Waals surface area (Å²) in [5.41, 5.74) is 1.44. The number of aromatic nitrogens is 2. The maximum absolute atomic E-state index is 11.5. The van der Waals surface area contributed by atoms with Crippen LogP contribution < -0.4 is 10.6 Å². The Hall–Kier alpha value is -2.28. The van der Waals surface area contributed by atoms with Crippen LogP contribution >= 0.6 is 11.6 Å². The number of hydrogen-bond donors (Lipinski definition) is 3. The number of rotatable bonds is 4. The van der Waals surface area contributed by atoms with Crippen LogP contribution in [0.5, 0.6) is 0 Å². The average Bonchev–Trinajstić information content (AvgIpc) is 2.77. The summed E-state index contributed by atoms with van der Waals surface area (Å²) in [6.45, 7) is 0.324. The number of amides is 2. The van der Waals surface area contributed by atoms with Crippen molar-refractivity contribution >= 4 is 40.3 Å². The quantitative estimate of drug-likeness (QED) is 0.747. The van der Waals surface area contributed by atoms with Gasteiger partial charge in [0.1, 0.15) is 0 Å². The second-order valence-corrected chi connectivity index (χ2v) is 4.50. The Labute approximate surface area is 119 Å². The number of nitrogens with zero attached hydrogens (tertiary/aromatic N) is 2. The van der Waals surface area contributed by atoms with E-state index in [0.29, 0.717) is 29.1 Å². The minimum atomic E-state index is -1.08. The standard InChI is InChI=1S/C12H13ClN4O3/c1-17-6-15-9-5-7(16-12(20)14-3-2-13)4-8(10(9)17)11(18)19/h4-6H,2-3H2,1H3,(H,18,19)(H2,14,16,20). The number of urea groups is 1. The Bertz CT molecular complexity index is 668. The minimum Gasteiger partial charge on any atom is -0.478 e. The van der Waals surface area contributed by atoms with Crippen molar-refractivity contribution in [1.82, 2.24) is 14.9 Å². The smallest absolute Gasteiger partial charge is 0.337 e. The van der Waals surface area contributed by atoms with Gasteiger partial charge in [-0.3, -0.25) is 0 Å². The van der Waals surface area contributed by atoms with Crippen LogP contribution in [0.25, 0.3) is 11.0 Å². The molecule has 0 aliphatic heterocycles. The highest BCUT2D eigenvalue weighted by atomic mass is 35.5. The Balaban J connectivity index is 2.36. The van der Waals surface area contributed by atoms with Crippen LogP contribution in [0.15, 0.2) is 18.5 Å². The first-order valence-electron chi connectivity index (χ1n) is 5.82. The van der Waals surface area contributed by atoms with Gasteiger partial charge < -0.3 is 20.3 Å². The van der Waals surface area contributed by atoms with Crippen molar-refractivity contribution in [2.24, 2.45) is 7.05 Å². The van der Waals surface area contributed by atoms with Crippen LogP contribution in [0.4, 0.5) is 10.5 Å². The number of carboxylic acid groups (broad SMARTS) is 1. The maximum atomic E-state index is 11.5.